The summed E-state index contributed by atoms with van der Waals surface area (Å²) in [5.41, 5.74) is 3.93. The number of aryl methyl sites for hydroxylation is 1. The highest BCUT2D eigenvalue weighted by Crippen LogP contribution is 2.32. The first-order valence-corrected chi connectivity index (χ1v) is 12.6. The molecule has 0 radical (unpaired) electrons. The van der Waals surface area contributed by atoms with Gasteiger partial charge in [0, 0.05) is 24.3 Å². The molecule has 2 aromatic carbocycles. The summed E-state index contributed by atoms with van der Waals surface area (Å²) in [6, 6.07) is 14.0. The summed E-state index contributed by atoms with van der Waals surface area (Å²) in [5, 5.41) is 12.8. The predicted octanol–water partition coefficient (Wildman–Crippen LogP) is 5.90. The molecule has 7 heteroatoms. The molecular weight excluding hydrogens is 448 g/mol. The van der Waals surface area contributed by atoms with Gasteiger partial charge in [0.2, 0.25) is 6.29 Å². The summed E-state index contributed by atoms with van der Waals surface area (Å²) < 4.78 is 12.9. The van der Waals surface area contributed by atoms with Gasteiger partial charge in [0.05, 0.1) is 16.8 Å². The van der Waals surface area contributed by atoms with E-state index < -0.39 is 6.29 Å². The average molecular weight is 481 g/mol. The van der Waals surface area contributed by atoms with Gasteiger partial charge in [0.25, 0.3) is 5.91 Å². The number of amides is 1. The van der Waals surface area contributed by atoms with Crippen LogP contribution in [0.2, 0.25) is 0 Å². The Kier molecular flexibility index (Phi) is 7.98. The van der Waals surface area contributed by atoms with E-state index in [1.807, 2.05) is 36.4 Å². The van der Waals surface area contributed by atoms with Crippen molar-refractivity contribution in [3.8, 4) is 10.6 Å². The van der Waals surface area contributed by atoms with Gasteiger partial charge in [-0.25, -0.2) is 4.98 Å². The third kappa shape index (κ3) is 6.03. The zero-order chi connectivity index (χ0) is 24.1. The average Bonchev–Trinajstić information content (AvgIpc) is 3.25. The molecular formula is C27H32N2O4S. The molecule has 1 amide bonds. The molecule has 2 N–H and O–H groups in total. The number of carbonyl (C=O) groups is 1. The standard InChI is InChI=1S/C27H32N2O4S/c1-17(2)20-15-23(33-25(16-20)32-13-5-4-12-30)26(31)28-21-9-7-19(8-10-21)27-29-22-11-6-18(3)14-24(22)34-27/h6-11,14-15,17,20,25,30H,4-5,12-13,16H2,1-3H3,(H,28,31)/t20-,25+/m0/s1. The van der Waals surface area contributed by atoms with E-state index in [0.717, 1.165) is 22.5 Å². The number of ether oxygens (including phenoxy) is 2. The molecule has 0 unspecified atom stereocenters. The number of aliphatic hydroxyl groups excluding tert-OH is 1. The maximum absolute atomic E-state index is 13.0. The molecule has 0 saturated heterocycles. The van der Waals surface area contributed by atoms with Crippen molar-refractivity contribution in [2.24, 2.45) is 11.8 Å². The summed E-state index contributed by atoms with van der Waals surface area (Å²) in [4.78, 5) is 17.7. The van der Waals surface area contributed by atoms with Gasteiger partial charge in [-0.3, -0.25) is 4.79 Å². The number of aromatic nitrogens is 1. The zero-order valence-electron chi connectivity index (χ0n) is 19.9. The number of hydrogen-bond donors (Lipinski definition) is 2. The van der Waals surface area contributed by atoms with Crippen LogP contribution in [0.25, 0.3) is 20.8 Å². The largest absolute Gasteiger partial charge is 0.459 e. The molecule has 2 atom stereocenters. The number of hydrogen-bond acceptors (Lipinski definition) is 6. The lowest BCUT2D eigenvalue weighted by Crippen LogP contribution is -2.31. The molecule has 0 aliphatic carbocycles. The Morgan fingerprint density at radius 1 is 1.24 bits per heavy atom. The lowest BCUT2D eigenvalue weighted by molar-refractivity contribution is -0.148. The van der Waals surface area contributed by atoms with Crippen LogP contribution in [0.1, 0.15) is 38.7 Å². The van der Waals surface area contributed by atoms with E-state index in [-0.39, 0.29) is 18.4 Å². The summed E-state index contributed by atoms with van der Waals surface area (Å²) >= 11 is 1.66. The molecule has 4 rings (SSSR count). The molecule has 0 fully saturated rings. The Balaban J connectivity index is 1.42. The van der Waals surface area contributed by atoms with Crippen molar-refractivity contribution in [3.63, 3.8) is 0 Å². The summed E-state index contributed by atoms with van der Waals surface area (Å²) in [5.74, 6) is 0.578. The SMILES string of the molecule is Cc1ccc2nc(-c3ccc(NC(=O)C4=C[C@H](C(C)C)C[C@H](OCCCCO)O4)cc3)sc2c1. The quantitative estimate of drug-likeness (QED) is 0.373. The van der Waals surface area contributed by atoms with Crippen LogP contribution >= 0.6 is 11.3 Å². The lowest BCUT2D eigenvalue weighted by atomic mass is 9.90. The van der Waals surface area contributed by atoms with Crippen LogP contribution in [-0.4, -0.2) is 35.5 Å². The number of allylic oxidation sites excluding steroid dienone is 1. The van der Waals surface area contributed by atoms with E-state index in [2.05, 4.69) is 38.2 Å². The van der Waals surface area contributed by atoms with Crippen molar-refractivity contribution in [2.45, 2.75) is 46.3 Å². The van der Waals surface area contributed by atoms with E-state index in [9.17, 15) is 4.79 Å². The first-order chi connectivity index (χ1) is 16.4. The minimum Gasteiger partial charge on any atom is -0.459 e. The molecule has 2 heterocycles. The monoisotopic (exact) mass is 480 g/mol. The normalized spacial score (nSPS) is 18.1. The Labute approximate surface area is 204 Å². The number of rotatable bonds is 9. The number of benzene rings is 2. The number of fused-ring (bicyclic) bond motifs is 1. The fraction of sp³-hybridized carbons (Fsp3) is 0.407. The van der Waals surface area contributed by atoms with Crippen molar-refractivity contribution < 1.29 is 19.4 Å². The second-order valence-corrected chi connectivity index (χ2v) is 10.1. The van der Waals surface area contributed by atoms with Crippen molar-refractivity contribution in [1.29, 1.82) is 0 Å². The lowest BCUT2D eigenvalue weighted by Gasteiger charge is -2.30. The van der Waals surface area contributed by atoms with E-state index in [1.54, 1.807) is 11.3 Å². The smallest absolute Gasteiger partial charge is 0.290 e. The number of aliphatic hydroxyl groups is 1. The van der Waals surface area contributed by atoms with Gasteiger partial charge < -0.3 is 19.9 Å². The zero-order valence-corrected chi connectivity index (χ0v) is 20.7. The molecule has 0 saturated carbocycles. The Hall–Kier alpha value is -2.74. The van der Waals surface area contributed by atoms with E-state index >= 15 is 0 Å². The van der Waals surface area contributed by atoms with Gasteiger partial charge >= 0.3 is 0 Å². The number of anilines is 1. The molecule has 1 aromatic heterocycles. The van der Waals surface area contributed by atoms with Crippen LogP contribution in [0.15, 0.2) is 54.3 Å². The number of thiazole rings is 1. The highest BCUT2D eigenvalue weighted by molar-refractivity contribution is 7.21. The Morgan fingerprint density at radius 3 is 2.76 bits per heavy atom. The van der Waals surface area contributed by atoms with E-state index in [1.165, 1.54) is 10.3 Å². The molecule has 0 bridgehead atoms. The Bertz CT molecular complexity index is 1150. The van der Waals surface area contributed by atoms with Gasteiger partial charge in [0.1, 0.15) is 5.01 Å². The van der Waals surface area contributed by atoms with Crippen LogP contribution in [0, 0.1) is 18.8 Å². The molecule has 1 aliphatic rings. The molecule has 180 valence electrons. The van der Waals surface area contributed by atoms with E-state index in [0.29, 0.717) is 36.8 Å². The summed E-state index contributed by atoms with van der Waals surface area (Å²) in [6.07, 6.45) is 3.61. The first kappa shape index (κ1) is 24.4. The molecule has 6 nitrogen and oxygen atoms in total. The number of unbranched alkanes of at least 4 members (excludes halogenated alkanes) is 1. The first-order valence-electron chi connectivity index (χ1n) is 11.8. The third-order valence-electron chi connectivity index (χ3n) is 5.96. The van der Waals surface area contributed by atoms with Crippen LogP contribution in [0.5, 0.6) is 0 Å². The number of nitrogens with zero attached hydrogens (tertiary/aromatic N) is 1. The number of nitrogens with one attached hydrogen (secondary N) is 1. The molecule has 1 aliphatic heterocycles. The van der Waals surface area contributed by atoms with Gasteiger partial charge in [-0.05, 0) is 79.6 Å². The molecule has 34 heavy (non-hydrogen) atoms. The van der Waals surface area contributed by atoms with Crippen molar-refractivity contribution in [3.05, 3.63) is 59.9 Å². The predicted molar refractivity (Wildman–Crippen MR) is 137 cm³/mol. The van der Waals surface area contributed by atoms with Crippen LogP contribution < -0.4 is 5.32 Å². The fourth-order valence-electron chi connectivity index (χ4n) is 3.88. The maximum Gasteiger partial charge on any atom is 0.290 e. The highest BCUT2D eigenvalue weighted by atomic mass is 32.1. The molecule has 3 aromatic rings. The minimum atomic E-state index is -0.457. The maximum atomic E-state index is 13.0. The van der Waals surface area contributed by atoms with Crippen molar-refractivity contribution >= 4 is 33.1 Å². The van der Waals surface area contributed by atoms with Gasteiger partial charge in [-0.1, -0.05) is 19.9 Å². The minimum absolute atomic E-state index is 0.147. The van der Waals surface area contributed by atoms with Crippen molar-refractivity contribution in [2.75, 3.05) is 18.5 Å². The third-order valence-corrected chi connectivity index (χ3v) is 7.03. The highest BCUT2D eigenvalue weighted by Gasteiger charge is 2.29. The Morgan fingerprint density at radius 2 is 2.03 bits per heavy atom. The van der Waals surface area contributed by atoms with Crippen LogP contribution in [0.3, 0.4) is 0 Å². The van der Waals surface area contributed by atoms with Gasteiger partial charge in [-0.2, -0.15) is 0 Å². The topological polar surface area (TPSA) is 80.7 Å². The van der Waals surface area contributed by atoms with Gasteiger partial charge in [0.15, 0.2) is 5.76 Å². The van der Waals surface area contributed by atoms with Crippen LogP contribution in [0.4, 0.5) is 5.69 Å². The number of carbonyl (C=O) groups excluding carboxylic acids is 1. The fourth-order valence-corrected chi connectivity index (χ4v) is 4.95. The second-order valence-electron chi connectivity index (χ2n) is 9.05. The summed E-state index contributed by atoms with van der Waals surface area (Å²) in [7, 11) is 0. The molecule has 0 spiro atoms. The van der Waals surface area contributed by atoms with Crippen LogP contribution in [-0.2, 0) is 14.3 Å². The summed E-state index contributed by atoms with van der Waals surface area (Å²) in [6.45, 7) is 6.99. The van der Waals surface area contributed by atoms with E-state index in [4.69, 9.17) is 19.6 Å². The van der Waals surface area contributed by atoms with Crippen molar-refractivity contribution in [1.82, 2.24) is 4.98 Å². The van der Waals surface area contributed by atoms with Gasteiger partial charge in [-0.15, -0.1) is 11.3 Å². The second kappa shape index (κ2) is 11.1.